The molecule has 0 saturated heterocycles. The number of hydrogen-bond donors (Lipinski definition) is 2. The Morgan fingerprint density at radius 1 is 1.05 bits per heavy atom. The Labute approximate surface area is 118 Å². The van der Waals surface area contributed by atoms with Crippen molar-refractivity contribution in [2.45, 2.75) is 6.92 Å². The highest BCUT2D eigenvalue weighted by atomic mass is 32.1. The summed E-state index contributed by atoms with van der Waals surface area (Å²) in [5.41, 5.74) is 5.98. The number of nitrogens with zero attached hydrogens (tertiary/aromatic N) is 1. The van der Waals surface area contributed by atoms with E-state index in [-0.39, 0.29) is 0 Å². The Morgan fingerprint density at radius 2 is 1.74 bits per heavy atom. The standard InChI is InChI=1S/C15H15N3S/c1-12-7-5-6-8-13(12)11-16-18-15(19)17-14-9-3-2-4-10-14/h2-11H,1H3,(H2,17,18,19)/b16-11+. The minimum absolute atomic E-state index is 0.469. The third-order valence-corrected chi connectivity index (χ3v) is 2.78. The van der Waals surface area contributed by atoms with Crippen LogP contribution in [0.25, 0.3) is 0 Å². The lowest BCUT2D eigenvalue weighted by Gasteiger charge is -2.06. The van der Waals surface area contributed by atoms with E-state index in [1.165, 1.54) is 5.56 Å². The molecule has 0 atom stereocenters. The topological polar surface area (TPSA) is 36.4 Å². The predicted molar refractivity (Wildman–Crippen MR) is 84.6 cm³/mol. The molecule has 0 heterocycles. The fourth-order valence-corrected chi connectivity index (χ4v) is 1.74. The number of nitrogens with one attached hydrogen (secondary N) is 2. The third kappa shape index (κ3) is 4.19. The van der Waals surface area contributed by atoms with Crippen LogP contribution in [-0.2, 0) is 0 Å². The Bertz CT molecular complexity index is 579. The fourth-order valence-electron chi connectivity index (χ4n) is 1.57. The molecule has 2 N–H and O–H groups in total. The molecule has 0 aliphatic carbocycles. The molecule has 0 aliphatic heterocycles. The number of anilines is 1. The number of thiocarbonyl (C=S) groups is 1. The molecule has 2 rings (SSSR count). The molecule has 96 valence electrons. The summed E-state index contributed by atoms with van der Waals surface area (Å²) in [7, 11) is 0. The molecule has 0 unspecified atom stereocenters. The summed E-state index contributed by atoms with van der Waals surface area (Å²) in [4.78, 5) is 0. The van der Waals surface area contributed by atoms with Gasteiger partial charge in [-0.2, -0.15) is 5.10 Å². The van der Waals surface area contributed by atoms with E-state index >= 15 is 0 Å². The van der Waals surface area contributed by atoms with Crippen molar-refractivity contribution in [2.75, 3.05) is 5.32 Å². The van der Waals surface area contributed by atoms with Crippen LogP contribution in [0, 0.1) is 6.92 Å². The van der Waals surface area contributed by atoms with Gasteiger partial charge in [-0.1, -0.05) is 42.5 Å². The van der Waals surface area contributed by atoms with E-state index in [0.29, 0.717) is 5.11 Å². The molecule has 0 aromatic heterocycles. The van der Waals surface area contributed by atoms with Crippen LogP contribution in [0.5, 0.6) is 0 Å². The summed E-state index contributed by atoms with van der Waals surface area (Å²) in [5.74, 6) is 0. The quantitative estimate of drug-likeness (QED) is 0.510. The Kier molecular flexibility index (Phi) is 4.64. The monoisotopic (exact) mass is 269 g/mol. The summed E-state index contributed by atoms with van der Waals surface area (Å²) in [5, 5.41) is 7.64. The Morgan fingerprint density at radius 3 is 2.47 bits per heavy atom. The van der Waals surface area contributed by atoms with Crippen LogP contribution in [-0.4, -0.2) is 11.3 Å². The molecule has 19 heavy (non-hydrogen) atoms. The smallest absolute Gasteiger partial charge is 0.191 e. The normalized spacial score (nSPS) is 10.4. The molecule has 4 heteroatoms. The number of hydrogen-bond acceptors (Lipinski definition) is 2. The zero-order valence-electron chi connectivity index (χ0n) is 10.6. The van der Waals surface area contributed by atoms with Crippen molar-refractivity contribution in [1.82, 2.24) is 5.43 Å². The summed E-state index contributed by atoms with van der Waals surface area (Å²) in [6.45, 7) is 2.04. The fraction of sp³-hybridized carbons (Fsp3) is 0.0667. The number of hydrazone groups is 1. The number of para-hydroxylation sites is 1. The number of benzene rings is 2. The molecule has 0 bridgehead atoms. The minimum Gasteiger partial charge on any atom is -0.331 e. The van der Waals surface area contributed by atoms with Gasteiger partial charge in [0.1, 0.15) is 0 Å². The highest BCUT2D eigenvalue weighted by Crippen LogP contribution is 2.05. The van der Waals surface area contributed by atoms with Crippen molar-refractivity contribution >= 4 is 29.2 Å². The van der Waals surface area contributed by atoms with Gasteiger partial charge in [-0.3, -0.25) is 5.43 Å². The molecule has 0 radical (unpaired) electrons. The summed E-state index contributed by atoms with van der Waals surface area (Å²) < 4.78 is 0. The number of aryl methyl sites for hydroxylation is 1. The number of rotatable bonds is 3. The van der Waals surface area contributed by atoms with Gasteiger partial charge in [0.2, 0.25) is 0 Å². The first kappa shape index (κ1) is 13.2. The van der Waals surface area contributed by atoms with E-state index < -0.39 is 0 Å². The van der Waals surface area contributed by atoms with Crippen molar-refractivity contribution in [1.29, 1.82) is 0 Å². The van der Waals surface area contributed by atoms with Gasteiger partial charge in [0.05, 0.1) is 6.21 Å². The van der Waals surface area contributed by atoms with E-state index in [0.717, 1.165) is 11.3 Å². The maximum atomic E-state index is 5.15. The molecular weight excluding hydrogens is 254 g/mol. The van der Waals surface area contributed by atoms with Crippen molar-refractivity contribution in [2.24, 2.45) is 5.10 Å². The van der Waals surface area contributed by atoms with Crippen molar-refractivity contribution in [3.63, 3.8) is 0 Å². The first-order valence-electron chi connectivity index (χ1n) is 5.96. The van der Waals surface area contributed by atoms with Gasteiger partial charge >= 0.3 is 0 Å². The van der Waals surface area contributed by atoms with Gasteiger partial charge in [0.25, 0.3) is 0 Å². The second-order valence-corrected chi connectivity index (χ2v) is 4.45. The largest absolute Gasteiger partial charge is 0.331 e. The highest BCUT2D eigenvalue weighted by Gasteiger charge is 1.95. The molecule has 2 aromatic rings. The maximum absolute atomic E-state index is 5.15. The van der Waals surface area contributed by atoms with E-state index in [2.05, 4.69) is 15.8 Å². The summed E-state index contributed by atoms with van der Waals surface area (Å²) in [6.07, 6.45) is 1.76. The van der Waals surface area contributed by atoms with E-state index in [9.17, 15) is 0 Å². The van der Waals surface area contributed by atoms with Gasteiger partial charge in [0.15, 0.2) is 5.11 Å². The SMILES string of the molecule is Cc1ccccc1/C=N/NC(=S)Nc1ccccc1. The van der Waals surface area contributed by atoms with Gasteiger partial charge in [-0.25, -0.2) is 0 Å². The lowest BCUT2D eigenvalue weighted by atomic mass is 10.1. The molecule has 0 saturated carbocycles. The lowest BCUT2D eigenvalue weighted by Crippen LogP contribution is -2.23. The summed E-state index contributed by atoms with van der Waals surface area (Å²) in [6, 6.07) is 17.8. The van der Waals surface area contributed by atoms with Gasteiger partial charge in [0, 0.05) is 5.69 Å². The molecule has 0 amide bonds. The van der Waals surface area contributed by atoms with Crippen LogP contribution in [0.3, 0.4) is 0 Å². The lowest BCUT2D eigenvalue weighted by molar-refractivity contribution is 1.05. The molecule has 3 nitrogen and oxygen atoms in total. The highest BCUT2D eigenvalue weighted by molar-refractivity contribution is 7.80. The average molecular weight is 269 g/mol. The van der Waals surface area contributed by atoms with Crippen molar-refractivity contribution in [3.05, 3.63) is 65.7 Å². The van der Waals surface area contributed by atoms with Gasteiger partial charge < -0.3 is 5.32 Å². The van der Waals surface area contributed by atoms with Crippen LogP contribution >= 0.6 is 12.2 Å². The molecular formula is C15H15N3S. The molecule has 0 fully saturated rings. The second-order valence-electron chi connectivity index (χ2n) is 4.05. The van der Waals surface area contributed by atoms with Crippen LogP contribution in [0.4, 0.5) is 5.69 Å². The van der Waals surface area contributed by atoms with E-state index in [4.69, 9.17) is 12.2 Å². The van der Waals surface area contributed by atoms with Crippen LogP contribution in [0.2, 0.25) is 0 Å². The first-order chi connectivity index (χ1) is 9.25. The minimum atomic E-state index is 0.469. The van der Waals surface area contributed by atoms with Gasteiger partial charge in [-0.05, 0) is 42.4 Å². The Balaban J connectivity index is 1.89. The molecule has 0 aliphatic rings. The van der Waals surface area contributed by atoms with Crippen molar-refractivity contribution in [3.8, 4) is 0 Å². The molecule has 2 aromatic carbocycles. The maximum Gasteiger partial charge on any atom is 0.191 e. The van der Waals surface area contributed by atoms with Gasteiger partial charge in [-0.15, -0.1) is 0 Å². The zero-order valence-corrected chi connectivity index (χ0v) is 11.4. The van der Waals surface area contributed by atoms with E-state index in [1.54, 1.807) is 6.21 Å². The van der Waals surface area contributed by atoms with Crippen LogP contribution in [0.15, 0.2) is 59.7 Å². The zero-order chi connectivity index (χ0) is 13.5. The van der Waals surface area contributed by atoms with Crippen molar-refractivity contribution < 1.29 is 0 Å². The molecule has 0 spiro atoms. The first-order valence-corrected chi connectivity index (χ1v) is 6.37. The second kappa shape index (κ2) is 6.66. The average Bonchev–Trinajstić information content (AvgIpc) is 2.42. The predicted octanol–water partition coefficient (Wildman–Crippen LogP) is 3.32. The third-order valence-electron chi connectivity index (χ3n) is 2.59. The Hall–Kier alpha value is -2.20. The summed E-state index contributed by atoms with van der Waals surface area (Å²) >= 11 is 5.15. The van der Waals surface area contributed by atoms with Crippen LogP contribution < -0.4 is 10.7 Å². The van der Waals surface area contributed by atoms with Crippen LogP contribution in [0.1, 0.15) is 11.1 Å². The van der Waals surface area contributed by atoms with E-state index in [1.807, 2.05) is 61.5 Å².